The van der Waals surface area contributed by atoms with E-state index in [4.69, 9.17) is 10.5 Å². The maximum absolute atomic E-state index is 6.06. The topological polar surface area (TPSA) is 47.3 Å². The van der Waals surface area contributed by atoms with Crippen LogP contribution >= 0.6 is 0 Å². The van der Waals surface area contributed by atoms with Gasteiger partial charge in [-0.25, -0.2) is 0 Å². The lowest BCUT2D eigenvalue weighted by atomic mass is 10.1. The quantitative estimate of drug-likeness (QED) is 0.562. The van der Waals surface area contributed by atoms with Crippen molar-refractivity contribution in [2.24, 2.45) is 5.92 Å². The summed E-state index contributed by atoms with van der Waals surface area (Å²) >= 11 is 0. The Bertz CT molecular complexity index is 567. The Morgan fingerprint density at radius 1 is 1.09 bits per heavy atom. The highest BCUT2D eigenvalue weighted by Gasteiger charge is 2.03. The number of hydrogen-bond acceptors (Lipinski definition) is 3. The predicted octanol–water partition coefficient (Wildman–Crippen LogP) is 4.35. The van der Waals surface area contributed by atoms with Gasteiger partial charge >= 0.3 is 0 Å². The summed E-state index contributed by atoms with van der Waals surface area (Å²) in [5.74, 6) is 1.29. The number of hydrogen-bond donors (Lipinski definition) is 2. The zero-order chi connectivity index (χ0) is 15.8. The summed E-state index contributed by atoms with van der Waals surface area (Å²) in [7, 11) is 0. The third kappa shape index (κ3) is 5.32. The molecule has 22 heavy (non-hydrogen) atoms. The van der Waals surface area contributed by atoms with Crippen LogP contribution in [0.2, 0.25) is 0 Å². The van der Waals surface area contributed by atoms with E-state index in [2.05, 4.69) is 37.4 Å². The molecule has 3 heteroatoms. The van der Waals surface area contributed by atoms with E-state index in [1.165, 1.54) is 11.3 Å². The lowest BCUT2D eigenvalue weighted by molar-refractivity contribution is 0.272. The van der Waals surface area contributed by atoms with Gasteiger partial charge in [-0.15, -0.1) is 0 Å². The monoisotopic (exact) mass is 298 g/mol. The summed E-state index contributed by atoms with van der Waals surface area (Å²) in [5, 5.41) is 3.42. The summed E-state index contributed by atoms with van der Waals surface area (Å²) < 4.78 is 5.70. The minimum atomic E-state index is 0.503. The lowest BCUT2D eigenvalue weighted by Crippen LogP contribution is -2.06. The third-order valence-corrected chi connectivity index (χ3v) is 3.39. The number of nitrogens with two attached hydrogens (primary N) is 1. The second kappa shape index (κ2) is 8.32. The number of aryl methyl sites for hydroxylation is 1. The van der Waals surface area contributed by atoms with Crippen molar-refractivity contribution in [1.82, 2.24) is 0 Å². The van der Waals surface area contributed by atoms with Crippen LogP contribution in [0.1, 0.15) is 25.8 Å². The van der Waals surface area contributed by atoms with Crippen LogP contribution in [0.5, 0.6) is 5.75 Å². The van der Waals surface area contributed by atoms with Gasteiger partial charge in [0, 0.05) is 12.2 Å². The van der Waals surface area contributed by atoms with E-state index in [9.17, 15) is 0 Å². The molecular weight excluding hydrogens is 272 g/mol. The Kier molecular flexibility index (Phi) is 6.13. The number of nitrogens with one attached hydrogen (secondary N) is 1. The van der Waals surface area contributed by atoms with Crippen molar-refractivity contribution in [3.8, 4) is 5.75 Å². The van der Waals surface area contributed by atoms with Crippen LogP contribution < -0.4 is 15.8 Å². The molecule has 0 aliphatic heterocycles. The van der Waals surface area contributed by atoms with Crippen LogP contribution in [-0.4, -0.2) is 13.2 Å². The second-order valence-electron chi connectivity index (χ2n) is 5.97. The highest BCUT2D eigenvalue weighted by atomic mass is 16.5. The van der Waals surface area contributed by atoms with Crippen molar-refractivity contribution < 1.29 is 4.74 Å². The predicted molar refractivity (Wildman–Crippen MR) is 94.4 cm³/mol. The maximum Gasteiger partial charge on any atom is 0.142 e. The first kappa shape index (κ1) is 16.2. The van der Waals surface area contributed by atoms with E-state index in [1.54, 1.807) is 0 Å². The minimum Gasteiger partial charge on any atom is -0.491 e. The Morgan fingerprint density at radius 2 is 1.86 bits per heavy atom. The van der Waals surface area contributed by atoms with Gasteiger partial charge in [0.25, 0.3) is 0 Å². The molecule has 0 saturated carbocycles. The number of ether oxygens (including phenoxy) is 1. The summed E-state index contributed by atoms with van der Waals surface area (Å²) in [6.07, 6.45) is 2.08. The Labute approximate surface area is 133 Å². The van der Waals surface area contributed by atoms with Crippen molar-refractivity contribution in [2.75, 3.05) is 24.2 Å². The van der Waals surface area contributed by atoms with Gasteiger partial charge in [0.1, 0.15) is 5.75 Å². The van der Waals surface area contributed by atoms with Gasteiger partial charge in [-0.1, -0.05) is 38.1 Å². The molecule has 118 valence electrons. The molecule has 0 heterocycles. The molecule has 2 aromatic rings. The molecule has 0 saturated heterocycles. The zero-order valence-corrected chi connectivity index (χ0v) is 13.5. The van der Waals surface area contributed by atoms with E-state index >= 15 is 0 Å². The van der Waals surface area contributed by atoms with Crippen molar-refractivity contribution in [1.29, 1.82) is 0 Å². The molecule has 0 aliphatic rings. The molecule has 0 bridgehead atoms. The normalized spacial score (nSPS) is 10.7. The SMILES string of the molecule is CC(C)COc1ccc(CCCNc2ccccc2)cc1N. The standard InChI is InChI=1S/C19H26N2O/c1-15(2)14-22-19-11-10-16(13-18(19)20)7-6-12-21-17-8-4-3-5-9-17/h3-5,8-11,13,15,21H,6-7,12,14,20H2,1-2H3. The van der Waals surface area contributed by atoms with Gasteiger partial charge < -0.3 is 15.8 Å². The average molecular weight is 298 g/mol. The highest BCUT2D eigenvalue weighted by molar-refractivity contribution is 5.54. The van der Waals surface area contributed by atoms with Crippen LogP contribution in [0.4, 0.5) is 11.4 Å². The van der Waals surface area contributed by atoms with Gasteiger partial charge in [0.2, 0.25) is 0 Å². The molecule has 0 spiro atoms. The van der Waals surface area contributed by atoms with Gasteiger partial charge in [-0.3, -0.25) is 0 Å². The molecule has 0 atom stereocenters. The number of para-hydroxylation sites is 1. The van der Waals surface area contributed by atoms with Crippen LogP contribution in [-0.2, 0) is 6.42 Å². The molecular formula is C19H26N2O. The second-order valence-corrected chi connectivity index (χ2v) is 5.97. The minimum absolute atomic E-state index is 0.503. The highest BCUT2D eigenvalue weighted by Crippen LogP contribution is 2.23. The maximum atomic E-state index is 6.06. The van der Waals surface area contributed by atoms with Crippen LogP contribution in [0.3, 0.4) is 0 Å². The molecule has 3 N–H and O–H groups in total. The summed E-state index contributed by atoms with van der Waals surface area (Å²) in [6, 6.07) is 16.4. The van der Waals surface area contributed by atoms with Crippen molar-refractivity contribution in [3.63, 3.8) is 0 Å². The number of rotatable bonds is 8. The lowest BCUT2D eigenvalue weighted by Gasteiger charge is -2.12. The fraction of sp³-hybridized carbons (Fsp3) is 0.368. The summed E-state index contributed by atoms with van der Waals surface area (Å²) in [5.41, 5.74) is 9.21. The molecule has 0 unspecified atom stereocenters. The van der Waals surface area contributed by atoms with Gasteiger partial charge in [-0.05, 0) is 48.6 Å². The Hall–Kier alpha value is -2.16. The van der Waals surface area contributed by atoms with Crippen LogP contribution in [0.15, 0.2) is 48.5 Å². The molecule has 0 fully saturated rings. The molecule has 2 rings (SSSR count). The fourth-order valence-electron chi connectivity index (χ4n) is 2.22. The van der Waals surface area contributed by atoms with Crippen molar-refractivity contribution in [3.05, 3.63) is 54.1 Å². The summed E-state index contributed by atoms with van der Waals surface area (Å²) in [6.45, 7) is 5.91. The molecule has 0 aromatic heterocycles. The summed E-state index contributed by atoms with van der Waals surface area (Å²) in [4.78, 5) is 0. The van der Waals surface area contributed by atoms with Crippen molar-refractivity contribution >= 4 is 11.4 Å². The first-order valence-electron chi connectivity index (χ1n) is 7.95. The molecule has 0 aliphatic carbocycles. The zero-order valence-electron chi connectivity index (χ0n) is 13.5. The molecule has 0 radical (unpaired) electrons. The average Bonchev–Trinajstić information content (AvgIpc) is 2.51. The van der Waals surface area contributed by atoms with E-state index < -0.39 is 0 Å². The first-order valence-corrected chi connectivity index (χ1v) is 7.95. The fourth-order valence-corrected chi connectivity index (χ4v) is 2.22. The van der Waals surface area contributed by atoms with E-state index in [0.29, 0.717) is 12.5 Å². The van der Waals surface area contributed by atoms with Gasteiger partial charge in [0.05, 0.1) is 12.3 Å². The largest absolute Gasteiger partial charge is 0.491 e. The van der Waals surface area contributed by atoms with E-state index in [1.807, 2.05) is 30.3 Å². The van der Waals surface area contributed by atoms with E-state index in [-0.39, 0.29) is 0 Å². The smallest absolute Gasteiger partial charge is 0.142 e. The van der Waals surface area contributed by atoms with Crippen LogP contribution in [0, 0.1) is 5.92 Å². The van der Waals surface area contributed by atoms with E-state index in [0.717, 1.165) is 30.8 Å². The molecule has 0 amide bonds. The van der Waals surface area contributed by atoms with Crippen molar-refractivity contribution in [2.45, 2.75) is 26.7 Å². The first-order chi connectivity index (χ1) is 10.6. The van der Waals surface area contributed by atoms with Gasteiger partial charge in [0.15, 0.2) is 0 Å². The Morgan fingerprint density at radius 3 is 2.55 bits per heavy atom. The third-order valence-electron chi connectivity index (χ3n) is 3.39. The molecule has 3 nitrogen and oxygen atoms in total. The number of benzene rings is 2. The Balaban J connectivity index is 1.77. The number of nitrogen functional groups attached to an aromatic ring is 1. The number of anilines is 2. The van der Waals surface area contributed by atoms with Crippen LogP contribution in [0.25, 0.3) is 0 Å². The molecule has 2 aromatic carbocycles. The van der Waals surface area contributed by atoms with Gasteiger partial charge in [-0.2, -0.15) is 0 Å².